The maximum atomic E-state index is 12.1. The maximum absolute atomic E-state index is 12.1. The van der Waals surface area contributed by atoms with Crippen molar-refractivity contribution in [1.29, 1.82) is 0 Å². The number of hydrogen-bond acceptors (Lipinski definition) is 5. The van der Waals surface area contributed by atoms with Crippen molar-refractivity contribution in [2.45, 2.75) is 19.8 Å². The highest BCUT2D eigenvalue weighted by atomic mass is 16.5. The summed E-state index contributed by atoms with van der Waals surface area (Å²) < 4.78 is 5.31. The van der Waals surface area contributed by atoms with Crippen LogP contribution in [0.4, 0.5) is 5.69 Å². The highest BCUT2D eigenvalue weighted by Gasteiger charge is 2.11. The van der Waals surface area contributed by atoms with Gasteiger partial charge in [0.15, 0.2) is 0 Å². The van der Waals surface area contributed by atoms with Crippen molar-refractivity contribution in [3.8, 4) is 0 Å². The molecular formula is C17H28N4O2. The van der Waals surface area contributed by atoms with Gasteiger partial charge in [-0.25, -0.2) is 4.98 Å². The van der Waals surface area contributed by atoms with Crippen molar-refractivity contribution in [2.24, 2.45) is 0 Å². The fraction of sp³-hybridized carbons (Fsp3) is 0.647. The van der Waals surface area contributed by atoms with Crippen LogP contribution in [-0.2, 0) is 4.74 Å². The lowest BCUT2D eigenvalue weighted by Gasteiger charge is -2.26. The number of carbonyl (C=O) groups excluding carboxylic acids is 1. The van der Waals surface area contributed by atoms with E-state index in [2.05, 4.69) is 34.1 Å². The smallest absolute Gasteiger partial charge is 0.269 e. The molecule has 1 aliphatic heterocycles. The van der Waals surface area contributed by atoms with E-state index in [1.165, 1.54) is 6.42 Å². The number of nitrogens with zero attached hydrogens (tertiary/aromatic N) is 3. The number of aromatic nitrogens is 1. The Morgan fingerprint density at radius 3 is 2.83 bits per heavy atom. The number of hydrogen-bond donors (Lipinski definition) is 1. The second-order valence-electron chi connectivity index (χ2n) is 5.89. The minimum absolute atomic E-state index is 0.110. The Hall–Kier alpha value is -1.66. The molecule has 23 heavy (non-hydrogen) atoms. The van der Waals surface area contributed by atoms with Gasteiger partial charge in [0, 0.05) is 39.8 Å². The summed E-state index contributed by atoms with van der Waals surface area (Å²) in [5, 5.41) is 2.93. The molecule has 0 bridgehead atoms. The lowest BCUT2D eigenvalue weighted by molar-refractivity contribution is 0.0383. The van der Waals surface area contributed by atoms with Gasteiger partial charge in [-0.2, -0.15) is 0 Å². The minimum atomic E-state index is -0.110. The first kappa shape index (κ1) is 17.7. The molecule has 6 heteroatoms. The first-order valence-corrected chi connectivity index (χ1v) is 8.46. The van der Waals surface area contributed by atoms with E-state index < -0.39 is 0 Å². The molecule has 0 atom stereocenters. The molecule has 1 aliphatic rings. The fourth-order valence-electron chi connectivity index (χ4n) is 2.51. The third-order valence-corrected chi connectivity index (χ3v) is 4.09. The molecule has 1 N–H and O–H groups in total. The molecule has 128 valence electrons. The van der Waals surface area contributed by atoms with Crippen LogP contribution in [0, 0.1) is 0 Å². The van der Waals surface area contributed by atoms with Crippen LogP contribution in [0.2, 0.25) is 0 Å². The number of carbonyl (C=O) groups is 1. The molecule has 1 saturated heterocycles. The quantitative estimate of drug-likeness (QED) is 0.784. The molecule has 0 saturated carbocycles. The van der Waals surface area contributed by atoms with Gasteiger partial charge in [-0.05, 0) is 18.6 Å². The molecular weight excluding hydrogens is 292 g/mol. The second-order valence-corrected chi connectivity index (χ2v) is 5.89. The predicted molar refractivity (Wildman–Crippen MR) is 92.0 cm³/mol. The third kappa shape index (κ3) is 5.80. The van der Waals surface area contributed by atoms with E-state index in [0.29, 0.717) is 12.2 Å². The van der Waals surface area contributed by atoms with Crippen LogP contribution in [0.5, 0.6) is 0 Å². The molecule has 0 spiro atoms. The van der Waals surface area contributed by atoms with Crippen molar-refractivity contribution in [3.63, 3.8) is 0 Å². The van der Waals surface area contributed by atoms with Crippen LogP contribution in [0.1, 0.15) is 30.3 Å². The monoisotopic (exact) mass is 320 g/mol. The Labute approximate surface area is 138 Å². The van der Waals surface area contributed by atoms with E-state index in [-0.39, 0.29) is 5.91 Å². The van der Waals surface area contributed by atoms with Gasteiger partial charge < -0.3 is 15.0 Å². The Morgan fingerprint density at radius 2 is 2.17 bits per heavy atom. The van der Waals surface area contributed by atoms with E-state index in [0.717, 1.165) is 51.5 Å². The average molecular weight is 320 g/mol. The number of anilines is 1. The standard InChI is InChI=1S/C17H28N4O2/c1-3-4-8-20(2)15-5-6-16(19-14-15)17(22)18-7-9-21-10-12-23-13-11-21/h5-6,14H,3-4,7-13H2,1-2H3,(H,18,22). The Balaban J connectivity index is 1.75. The largest absolute Gasteiger partial charge is 0.379 e. The molecule has 0 aliphatic carbocycles. The second kappa shape index (κ2) is 9.47. The normalized spacial score (nSPS) is 15.4. The van der Waals surface area contributed by atoms with E-state index in [9.17, 15) is 4.79 Å². The minimum Gasteiger partial charge on any atom is -0.379 e. The molecule has 1 fully saturated rings. The summed E-state index contributed by atoms with van der Waals surface area (Å²) >= 11 is 0. The molecule has 0 unspecified atom stereocenters. The van der Waals surface area contributed by atoms with Crippen LogP contribution < -0.4 is 10.2 Å². The van der Waals surface area contributed by atoms with Crippen LogP contribution in [-0.4, -0.2) is 68.8 Å². The third-order valence-electron chi connectivity index (χ3n) is 4.09. The summed E-state index contributed by atoms with van der Waals surface area (Å²) in [7, 11) is 2.05. The van der Waals surface area contributed by atoms with Gasteiger partial charge in [-0.15, -0.1) is 0 Å². The van der Waals surface area contributed by atoms with Gasteiger partial charge in [0.05, 0.1) is 25.1 Å². The van der Waals surface area contributed by atoms with Crippen molar-refractivity contribution in [2.75, 3.05) is 57.9 Å². The first-order chi connectivity index (χ1) is 11.2. The number of pyridine rings is 1. The van der Waals surface area contributed by atoms with Crippen LogP contribution in [0.3, 0.4) is 0 Å². The summed E-state index contributed by atoms with van der Waals surface area (Å²) in [6.07, 6.45) is 4.09. The summed E-state index contributed by atoms with van der Waals surface area (Å²) in [4.78, 5) is 20.9. The van der Waals surface area contributed by atoms with E-state index in [1.807, 2.05) is 6.07 Å². The van der Waals surface area contributed by atoms with E-state index in [1.54, 1.807) is 12.3 Å². The SMILES string of the molecule is CCCCN(C)c1ccc(C(=O)NCCN2CCOCC2)nc1. The summed E-state index contributed by atoms with van der Waals surface area (Å²) in [5.41, 5.74) is 1.52. The zero-order chi connectivity index (χ0) is 16.5. The van der Waals surface area contributed by atoms with Gasteiger partial charge in [-0.1, -0.05) is 13.3 Å². The molecule has 1 aromatic heterocycles. The van der Waals surface area contributed by atoms with Crippen LogP contribution in [0.25, 0.3) is 0 Å². The van der Waals surface area contributed by atoms with Crippen LogP contribution in [0.15, 0.2) is 18.3 Å². The van der Waals surface area contributed by atoms with Crippen molar-refractivity contribution < 1.29 is 9.53 Å². The number of nitrogens with one attached hydrogen (secondary N) is 1. The Bertz CT molecular complexity index is 472. The fourth-order valence-corrected chi connectivity index (χ4v) is 2.51. The Kier molecular flexibility index (Phi) is 7.29. The lowest BCUT2D eigenvalue weighted by Crippen LogP contribution is -2.41. The van der Waals surface area contributed by atoms with Gasteiger partial charge >= 0.3 is 0 Å². The number of amides is 1. The number of unbranched alkanes of at least 4 members (excludes halogenated alkanes) is 1. The molecule has 2 rings (SSSR count). The zero-order valence-electron chi connectivity index (χ0n) is 14.3. The number of morpholine rings is 1. The highest BCUT2D eigenvalue weighted by molar-refractivity contribution is 5.92. The molecule has 6 nitrogen and oxygen atoms in total. The van der Waals surface area contributed by atoms with E-state index in [4.69, 9.17) is 4.74 Å². The Morgan fingerprint density at radius 1 is 1.39 bits per heavy atom. The van der Waals surface area contributed by atoms with E-state index >= 15 is 0 Å². The summed E-state index contributed by atoms with van der Waals surface area (Å²) in [6.45, 7) is 8.11. The van der Waals surface area contributed by atoms with Gasteiger partial charge in [0.1, 0.15) is 5.69 Å². The first-order valence-electron chi connectivity index (χ1n) is 8.46. The lowest BCUT2D eigenvalue weighted by atomic mass is 10.2. The maximum Gasteiger partial charge on any atom is 0.269 e. The zero-order valence-corrected chi connectivity index (χ0v) is 14.3. The molecule has 0 aromatic carbocycles. The van der Waals surface area contributed by atoms with Gasteiger partial charge in [0.25, 0.3) is 5.91 Å². The van der Waals surface area contributed by atoms with Gasteiger partial charge in [-0.3, -0.25) is 9.69 Å². The molecule has 0 radical (unpaired) electrons. The summed E-state index contributed by atoms with van der Waals surface area (Å²) in [6, 6.07) is 3.75. The molecule has 1 amide bonds. The van der Waals surface area contributed by atoms with Crippen molar-refractivity contribution >= 4 is 11.6 Å². The topological polar surface area (TPSA) is 57.7 Å². The van der Waals surface area contributed by atoms with Crippen LogP contribution >= 0.6 is 0 Å². The molecule has 2 heterocycles. The number of ether oxygens (including phenoxy) is 1. The van der Waals surface area contributed by atoms with Crippen molar-refractivity contribution in [3.05, 3.63) is 24.0 Å². The van der Waals surface area contributed by atoms with Gasteiger partial charge in [0.2, 0.25) is 0 Å². The highest BCUT2D eigenvalue weighted by Crippen LogP contribution is 2.12. The number of rotatable bonds is 8. The van der Waals surface area contributed by atoms with Crippen molar-refractivity contribution in [1.82, 2.24) is 15.2 Å². The predicted octanol–water partition coefficient (Wildman–Crippen LogP) is 1.38. The summed E-state index contributed by atoms with van der Waals surface area (Å²) in [5.74, 6) is -0.110. The average Bonchev–Trinajstić information content (AvgIpc) is 2.60. The molecule has 1 aromatic rings.